The fourth-order valence-electron chi connectivity index (χ4n) is 4.14. The minimum atomic E-state index is -0.721. The predicted octanol–water partition coefficient (Wildman–Crippen LogP) is 5.78. The van der Waals surface area contributed by atoms with Gasteiger partial charge < -0.3 is 9.47 Å². The number of hydrogen-bond donors (Lipinski definition) is 0. The van der Waals surface area contributed by atoms with Crippen LogP contribution in [0.4, 0.5) is 4.79 Å². The molecular weight excluding hydrogens is 378 g/mol. The van der Waals surface area contributed by atoms with Gasteiger partial charge >= 0.3 is 6.16 Å². The molecule has 0 aliphatic heterocycles. The molecular formula is C25H31NO4. The number of carbonyl (C=O) groups is 2. The summed E-state index contributed by atoms with van der Waals surface area (Å²) in [6.07, 6.45) is 3.15. The van der Waals surface area contributed by atoms with Crippen molar-refractivity contribution in [3.05, 3.63) is 57.9 Å². The van der Waals surface area contributed by atoms with Gasteiger partial charge in [-0.2, -0.15) is 0 Å². The molecule has 1 fully saturated rings. The molecule has 0 N–H and O–H groups in total. The highest BCUT2D eigenvalue weighted by molar-refractivity contribution is 5.79. The first-order valence-corrected chi connectivity index (χ1v) is 10.7. The molecule has 0 saturated heterocycles. The zero-order valence-corrected chi connectivity index (χ0v) is 18.6. The summed E-state index contributed by atoms with van der Waals surface area (Å²) < 4.78 is 10.3. The molecule has 0 amide bonds. The minimum absolute atomic E-state index is 0.193. The summed E-state index contributed by atoms with van der Waals surface area (Å²) in [7, 11) is 1.31. The molecule has 0 radical (unpaired) electrons. The van der Waals surface area contributed by atoms with Crippen LogP contribution in [0.25, 0.3) is 0 Å². The van der Waals surface area contributed by atoms with Crippen molar-refractivity contribution in [2.24, 2.45) is 0 Å². The number of ether oxygens (including phenoxy) is 2. The molecule has 160 valence electrons. The lowest BCUT2D eigenvalue weighted by atomic mass is 9.83. The molecule has 5 nitrogen and oxygen atoms in total. The Kier molecular flexibility index (Phi) is 6.91. The zero-order chi connectivity index (χ0) is 21.8. The van der Waals surface area contributed by atoms with E-state index in [4.69, 9.17) is 14.5 Å². The Balaban J connectivity index is 1.92. The van der Waals surface area contributed by atoms with Gasteiger partial charge in [-0.05, 0) is 49.7 Å². The number of aromatic nitrogens is 1. The maximum atomic E-state index is 11.9. The first-order valence-electron chi connectivity index (χ1n) is 10.7. The van der Waals surface area contributed by atoms with E-state index in [1.54, 1.807) is 0 Å². The van der Waals surface area contributed by atoms with E-state index in [2.05, 4.69) is 38.1 Å². The van der Waals surface area contributed by atoms with Crippen LogP contribution in [0.1, 0.15) is 85.0 Å². The predicted molar refractivity (Wildman–Crippen MR) is 116 cm³/mol. The largest absolute Gasteiger partial charge is 0.513 e. The summed E-state index contributed by atoms with van der Waals surface area (Å²) in [5.74, 6) is 1.58. The van der Waals surface area contributed by atoms with E-state index in [0.29, 0.717) is 36.7 Å². The maximum Gasteiger partial charge on any atom is 0.513 e. The Labute approximate surface area is 178 Å². The smallest absolute Gasteiger partial charge is 0.437 e. The summed E-state index contributed by atoms with van der Waals surface area (Å²) >= 11 is 0. The molecule has 0 unspecified atom stereocenters. The standard InChI is InChI=1S/C25H31NO4/c1-15(2)23-22(24(30-25(28)29-5)16(3)17(4)26-23)14-18-6-8-19(9-7-18)20-10-12-21(27)13-11-20/h6-9,15,20H,10-14H2,1-5H3. The molecule has 1 saturated carbocycles. The molecule has 0 atom stereocenters. The van der Waals surface area contributed by atoms with Gasteiger partial charge in [0, 0.05) is 36.1 Å². The van der Waals surface area contributed by atoms with Crippen LogP contribution >= 0.6 is 0 Å². The van der Waals surface area contributed by atoms with Crippen molar-refractivity contribution in [3.63, 3.8) is 0 Å². The van der Waals surface area contributed by atoms with Crippen molar-refractivity contribution in [2.75, 3.05) is 7.11 Å². The van der Waals surface area contributed by atoms with Crippen molar-refractivity contribution >= 4 is 11.9 Å². The van der Waals surface area contributed by atoms with Crippen LogP contribution in [-0.4, -0.2) is 24.0 Å². The normalized spacial score (nSPS) is 14.8. The number of Topliss-reactive ketones (excluding diaryl/α,β-unsaturated/α-hetero) is 1. The van der Waals surface area contributed by atoms with E-state index in [1.807, 2.05) is 13.8 Å². The van der Waals surface area contributed by atoms with Gasteiger partial charge in [0.25, 0.3) is 0 Å². The van der Waals surface area contributed by atoms with Crippen molar-refractivity contribution in [1.29, 1.82) is 0 Å². The van der Waals surface area contributed by atoms with Crippen LogP contribution in [-0.2, 0) is 16.0 Å². The summed E-state index contributed by atoms with van der Waals surface area (Å²) in [5, 5.41) is 0. The summed E-state index contributed by atoms with van der Waals surface area (Å²) in [6.45, 7) is 8.03. The number of nitrogens with zero attached hydrogens (tertiary/aromatic N) is 1. The van der Waals surface area contributed by atoms with Crippen molar-refractivity contribution in [2.45, 2.75) is 71.6 Å². The fourth-order valence-corrected chi connectivity index (χ4v) is 4.14. The number of aryl methyl sites for hydroxylation is 1. The van der Waals surface area contributed by atoms with Gasteiger partial charge in [0.15, 0.2) is 0 Å². The number of carbonyl (C=O) groups excluding carboxylic acids is 2. The van der Waals surface area contributed by atoms with E-state index >= 15 is 0 Å². The number of hydrogen-bond acceptors (Lipinski definition) is 5. The van der Waals surface area contributed by atoms with Gasteiger partial charge in [0.2, 0.25) is 0 Å². The monoisotopic (exact) mass is 409 g/mol. The van der Waals surface area contributed by atoms with Gasteiger partial charge in [-0.15, -0.1) is 0 Å². The zero-order valence-electron chi connectivity index (χ0n) is 18.6. The Morgan fingerprint density at radius 1 is 1.13 bits per heavy atom. The Hall–Kier alpha value is -2.69. The molecule has 1 aromatic carbocycles. The van der Waals surface area contributed by atoms with Gasteiger partial charge in [0.05, 0.1) is 12.8 Å². The van der Waals surface area contributed by atoms with Crippen molar-refractivity contribution in [3.8, 4) is 5.75 Å². The quantitative estimate of drug-likeness (QED) is 0.585. The lowest BCUT2D eigenvalue weighted by Gasteiger charge is -2.22. The average molecular weight is 410 g/mol. The Bertz CT molecular complexity index is 921. The number of ketones is 1. The third-order valence-electron chi connectivity index (χ3n) is 6.03. The third-order valence-corrected chi connectivity index (χ3v) is 6.03. The minimum Gasteiger partial charge on any atom is -0.437 e. The van der Waals surface area contributed by atoms with Crippen molar-refractivity contribution < 1.29 is 19.1 Å². The van der Waals surface area contributed by atoms with E-state index in [-0.39, 0.29) is 5.92 Å². The molecule has 2 aromatic rings. The number of pyridine rings is 1. The Morgan fingerprint density at radius 3 is 2.33 bits per heavy atom. The third kappa shape index (κ3) is 4.89. The lowest BCUT2D eigenvalue weighted by Crippen LogP contribution is -2.14. The molecule has 1 aliphatic rings. The average Bonchev–Trinajstić information content (AvgIpc) is 2.74. The highest BCUT2D eigenvalue weighted by atomic mass is 16.7. The second kappa shape index (κ2) is 9.41. The Morgan fingerprint density at radius 2 is 1.77 bits per heavy atom. The topological polar surface area (TPSA) is 65.5 Å². The highest BCUT2D eigenvalue weighted by Crippen LogP contribution is 2.35. The second-order valence-electron chi connectivity index (χ2n) is 8.46. The number of benzene rings is 1. The number of methoxy groups -OCH3 is 1. The van der Waals surface area contributed by atoms with E-state index < -0.39 is 6.16 Å². The van der Waals surface area contributed by atoms with Crippen molar-refractivity contribution in [1.82, 2.24) is 4.98 Å². The summed E-state index contributed by atoms with van der Waals surface area (Å²) in [6, 6.07) is 8.60. The molecule has 1 aromatic heterocycles. The van der Waals surface area contributed by atoms with Gasteiger partial charge in [-0.1, -0.05) is 38.1 Å². The molecule has 30 heavy (non-hydrogen) atoms. The SMILES string of the molecule is COC(=O)Oc1c(C)c(C)nc(C(C)C)c1Cc1ccc(C2CCC(=O)CC2)cc1. The van der Waals surface area contributed by atoms with Crippen LogP contribution in [0.2, 0.25) is 0 Å². The van der Waals surface area contributed by atoms with E-state index in [0.717, 1.165) is 40.9 Å². The van der Waals surface area contributed by atoms with Gasteiger partial charge in [0.1, 0.15) is 11.5 Å². The first kappa shape index (κ1) is 22.0. The molecule has 0 spiro atoms. The van der Waals surface area contributed by atoms with E-state index in [1.165, 1.54) is 12.7 Å². The molecule has 0 bridgehead atoms. The molecule has 1 heterocycles. The molecule has 3 rings (SSSR count). The molecule has 5 heteroatoms. The van der Waals surface area contributed by atoms with Gasteiger partial charge in [-0.3, -0.25) is 9.78 Å². The molecule has 1 aliphatic carbocycles. The summed E-state index contributed by atoms with van der Waals surface area (Å²) in [5.41, 5.74) is 5.99. The van der Waals surface area contributed by atoms with Crippen LogP contribution in [0.3, 0.4) is 0 Å². The number of rotatable bonds is 5. The highest BCUT2D eigenvalue weighted by Gasteiger charge is 2.23. The first-order chi connectivity index (χ1) is 14.3. The van der Waals surface area contributed by atoms with Crippen LogP contribution in [0.5, 0.6) is 5.75 Å². The lowest BCUT2D eigenvalue weighted by molar-refractivity contribution is -0.120. The van der Waals surface area contributed by atoms with Crippen LogP contribution < -0.4 is 4.74 Å². The second-order valence-corrected chi connectivity index (χ2v) is 8.46. The van der Waals surface area contributed by atoms with E-state index in [9.17, 15) is 9.59 Å². The van der Waals surface area contributed by atoms with Crippen LogP contribution in [0.15, 0.2) is 24.3 Å². The van der Waals surface area contributed by atoms with Gasteiger partial charge in [-0.25, -0.2) is 4.79 Å². The van der Waals surface area contributed by atoms with Crippen LogP contribution in [0, 0.1) is 13.8 Å². The summed E-state index contributed by atoms with van der Waals surface area (Å²) in [4.78, 5) is 28.2. The maximum absolute atomic E-state index is 11.9. The fraction of sp³-hybridized carbons (Fsp3) is 0.480.